The summed E-state index contributed by atoms with van der Waals surface area (Å²) >= 11 is -0.652. The molecule has 0 nitrogen and oxygen atoms in total. The summed E-state index contributed by atoms with van der Waals surface area (Å²) in [7, 11) is -7.16. The van der Waals surface area contributed by atoms with Gasteiger partial charge >= 0.3 is 41.5 Å². The molecule has 0 bridgehead atoms. The summed E-state index contributed by atoms with van der Waals surface area (Å²) in [4.78, 5) is 0. The van der Waals surface area contributed by atoms with Crippen molar-refractivity contribution >= 4 is 18.4 Å². The van der Waals surface area contributed by atoms with Gasteiger partial charge in [-0.25, -0.2) is 0 Å². The second-order valence-electron chi connectivity index (χ2n) is 0.842. The summed E-state index contributed by atoms with van der Waals surface area (Å²) in [5.41, 5.74) is 0. The molecule has 0 spiro atoms. The fourth-order valence-electron chi connectivity index (χ4n) is 0. The fourth-order valence-corrected chi connectivity index (χ4v) is 0. The molecule has 0 amide bonds. The van der Waals surface area contributed by atoms with Crippen molar-refractivity contribution in [1.82, 2.24) is 0 Å². The van der Waals surface area contributed by atoms with E-state index in [0.29, 0.717) is 6.26 Å². The van der Waals surface area contributed by atoms with Crippen LogP contribution in [0, 0.1) is 0 Å². The molecule has 0 saturated carbocycles. The van der Waals surface area contributed by atoms with Gasteiger partial charge in [0.15, 0.2) is 0 Å². The Kier molecular flexibility index (Phi) is 1.59. The predicted molar refractivity (Wildman–Crippen MR) is 24.9 cm³/mol. The van der Waals surface area contributed by atoms with Crippen LogP contribution < -0.4 is 0 Å². The summed E-state index contributed by atoms with van der Waals surface area (Å²) in [6, 6.07) is 0. The first-order valence-corrected chi connectivity index (χ1v) is 4.90. The molecule has 0 aliphatic heterocycles. The molecular formula is CH3F4PS. The van der Waals surface area contributed by atoms with Crippen LogP contribution in [-0.4, -0.2) is 6.26 Å². The Morgan fingerprint density at radius 3 is 1.29 bits per heavy atom. The van der Waals surface area contributed by atoms with Gasteiger partial charge in [0.05, 0.1) is 0 Å². The van der Waals surface area contributed by atoms with Crippen LogP contribution in [0.3, 0.4) is 0 Å². The van der Waals surface area contributed by atoms with Gasteiger partial charge in [-0.05, 0) is 0 Å². The van der Waals surface area contributed by atoms with E-state index in [0.717, 1.165) is 0 Å². The predicted octanol–water partition coefficient (Wildman–Crippen LogP) is 3.36. The van der Waals surface area contributed by atoms with E-state index in [2.05, 4.69) is 0 Å². The third kappa shape index (κ3) is 6.50. The Balaban J connectivity index is 3.83. The monoisotopic (exact) mass is 154 g/mol. The molecule has 0 unspecified atom stereocenters. The zero-order chi connectivity index (χ0) is 6.15. The maximum absolute atomic E-state index is 10.9. The molecule has 7 heavy (non-hydrogen) atoms. The molecule has 0 radical (unpaired) electrons. The summed E-state index contributed by atoms with van der Waals surface area (Å²) in [6.45, 7) is 0. The first-order chi connectivity index (χ1) is 2.81. The molecule has 46 valence electrons. The molecule has 0 aromatic carbocycles. The first-order valence-electron chi connectivity index (χ1n) is 1.27. The van der Waals surface area contributed by atoms with E-state index < -0.39 is 18.4 Å². The van der Waals surface area contributed by atoms with Gasteiger partial charge in [-0.3, -0.25) is 0 Å². The molecule has 0 aliphatic rings. The van der Waals surface area contributed by atoms with Crippen molar-refractivity contribution in [2.75, 3.05) is 6.26 Å². The normalized spacial score (nSPS) is 18.1. The van der Waals surface area contributed by atoms with Crippen LogP contribution in [0.1, 0.15) is 0 Å². The summed E-state index contributed by atoms with van der Waals surface area (Å²) in [6.07, 6.45) is 0.692. The number of halogens is 4. The molecule has 6 heteroatoms. The third-order valence-corrected chi connectivity index (χ3v) is 2.48. The van der Waals surface area contributed by atoms with Crippen molar-refractivity contribution < 1.29 is 16.8 Å². The Hall–Kier alpha value is 0.500. The molecule has 0 rings (SSSR count). The van der Waals surface area contributed by atoms with Crippen LogP contribution in [0.5, 0.6) is 0 Å². The van der Waals surface area contributed by atoms with Gasteiger partial charge < -0.3 is 0 Å². The van der Waals surface area contributed by atoms with Crippen molar-refractivity contribution in [3.05, 3.63) is 0 Å². The topological polar surface area (TPSA) is 0 Å². The van der Waals surface area contributed by atoms with Crippen LogP contribution in [0.25, 0.3) is 0 Å². The average Bonchev–Trinajstić information content (AvgIpc) is 1.32. The average molecular weight is 154 g/mol. The van der Waals surface area contributed by atoms with Crippen LogP contribution in [0.15, 0.2) is 0 Å². The SMILES string of the molecule is CSP(F)(F)(F)F. The zero-order valence-electron chi connectivity index (χ0n) is 3.37. The molecule has 0 aromatic rings. The minimum absolute atomic E-state index is 0.652. The first kappa shape index (κ1) is 7.50. The number of rotatable bonds is 1. The van der Waals surface area contributed by atoms with Crippen molar-refractivity contribution in [3.63, 3.8) is 0 Å². The molecule has 0 fully saturated rings. The van der Waals surface area contributed by atoms with Crippen molar-refractivity contribution in [2.45, 2.75) is 0 Å². The summed E-state index contributed by atoms with van der Waals surface area (Å²) in [5.74, 6) is 0. The fraction of sp³-hybridized carbons (Fsp3) is 1.00. The van der Waals surface area contributed by atoms with Crippen molar-refractivity contribution in [3.8, 4) is 0 Å². The van der Waals surface area contributed by atoms with Gasteiger partial charge in [0.25, 0.3) is 0 Å². The van der Waals surface area contributed by atoms with Crippen LogP contribution in [0.4, 0.5) is 16.8 Å². The molecule has 0 aromatic heterocycles. The van der Waals surface area contributed by atoms with Gasteiger partial charge in [0.1, 0.15) is 0 Å². The third-order valence-electron chi connectivity index (χ3n) is 0.276. The maximum atomic E-state index is 10.9. The van der Waals surface area contributed by atoms with Gasteiger partial charge in [-0.2, -0.15) is 0 Å². The summed E-state index contributed by atoms with van der Waals surface area (Å²) < 4.78 is 43.6. The standard InChI is InChI=1S/CH3F4PS/c1-7-6(2,3,4)5/h1H3. The molecule has 0 atom stereocenters. The molecular weight excluding hydrogens is 151 g/mol. The Morgan fingerprint density at radius 1 is 1.14 bits per heavy atom. The minimum atomic E-state index is -7.16. The van der Waals surface area contributed by atoms with Crippen LogP contribution in [0.2, 0.25) is 0 Å². The van der Waals surface area contributed by atoms with Gasteiger partial charge in [0, 0.05) is 0 Å². The van der Waals surface area contributed by atoms with Gasteiger partial charge in [-0.1, -0.05) is 0 Å². The van der Waals surface area contributed by atoms with E-state index in [4.69, 9.17) is 0 Å². The van der Waals surface area contributed by atoms with Crippen molar-refractivity contribution in [2.24, 2.45) is 0 Å². The van der Waals surface area contributed by atoms with E-state index in [1.807, 2.05) is 0 Å². The van der Waals surface area contributed by atoms with E-state index in [1.54, 1.807) is 0 Å². The number of hydrogen-bond donors (Lipinski definition) is 0. The second kappa shape index (κ2) is 1.49. The Bertz CT molecular complexity index is 64.2. The summed E-state index contributed by atoms with van der Waals surface area (Å²) in [5, 5.41) is 0. The number of hydrogen-bond acceptors (Lipinski definition) is 1. The van der Waals surface area contributed by atoms with Gasteiger partial charge in [0.2, 0.25) is 0 Å². The van der Waals surface area contributed by atoms with E-state index in [-0.39, 0.29) is 0 Å². The quantitative estimate of drug-likeness (QED) is 0.412. The van der Waals surface area contributed by atoms with Crippen LogP contribution in [-0.2, 0) is 0 Å². The second-order valence-corrected chi connectivity index (χ2v) is 5.28. The van der Waals surface area contributed by atoms with E-state index in [1.165, 1.54) is 0 Å². The van der Waals surface area contributed by atoms with Crippen LogP contribution >= 0.6 is 18.4 Å². The Morgan fingerprint density at radius 2 is 1.29 bits per heavy atom. The molecule has 0 heterocycles. The van der Waals surface area contributed by atoms with Gasteiger partial charge in [-0.15, -0.1) is 0 Å². The van der Waals surface area contributed by atoms with Crippen molar-refractivity contribution in [1.29, 1.82) is 0 Å². The van der Waals surface area contributed by atoms with E-state index >= 15 is 0 Å². The molecule has 0 aliphatic carbocycles. The molecule has 0 N–H and O–H groups in total. The molecule has 0 saturated heterocycles. The Labute approximate surface area is 42.4 Å². The van der Waals surface area contributed by atoms with E-state index in [9.17, 15) is 16.8 Å². The zero-order valence-corrected chi connectivity index (χ0v) is 5.08.